The Morgan fingerprint density at radius 2 is 2.11 bits per heavy atom. The minimum absolute atomic E-state index is 0.612. The molecule has 2 aliphatic rings. The van der Waals surface area contributed by atoms with Crippen LogP contribution in [0.5, 0.6) is 0 Å². The number of nitrogens with zero attached hydrogens (tertiary/aromatic N) is 3. The summed E-state index contributed by atoms with van der Waals surface area (Å²) in [4.78, 5) is 11.9. The Morgan fingerprint density at radius 3 is 2.79 bits per heavy atom. The molecule has 1 aliphatic carbocycles. The molecule has 1 aliphatic heterocycles. The monoisotopic (exact) mass is 278 g/mol. The largest absolute Gasteiger partial charge is 0.370 e. The summed E-state index contributed by atoms with van der Waals surface area (Å²) in [6, 6.07) is 2.12. The van der Waals surface area contributed by atoms with Crippen molar-refractivity contribution in [3.05, 3.63) is 11.9 Å². The molecule has 1 saturated carbocycles. The molecular weight excluding hydrogens is 256 g/mol. The average Bonchev–Trinajstić information content (AvgIpc) is 3.30. The Bertz CT molecular complexity index is 427. The number of thioether (sulfide) groups is 1. The third-order valence-corrected chi connectivity index (χ3v) is 4.51. The molecule has 0 bridgehead atoms. The minimum Gasteiger partial charge on any atom is -0.370 e. The van der Waals surface area contributed by atoms with Gasteiger partial charge >= 0.3 is 0 Å². The first-order valence-electron chi connectivity index (χ1n) is 7.32. The van der Waals surface area contributed by atoms with E-state index in [9.17, 15) is 0 Å². The Hall–Kier alpha value is -0.970. The van der Waals surface area contributed by atoms with Crippen LogP contribution >= 0.6 is 11.8 Å². The van der Waals surface area contributed by atoms with Crippen LogP contribution in [0.15, 0.2) is 6.07 Å². The van der Waals surface area contributed by atoms with Gasteiger partial charge in [0, 0.05) is 43.1 Å². The van der Waals surface area contributed by atoms with Gasteiger partial charge in [-0.05, 0) is 19.3 Å². The van der Waals surface area contributed by atoms with Gasteiger partial charge in [-0.3, -0.25) is 0 Å². The first-order valence-corrected chi connectivity index (χ1v) is 8.48. The second-order valence-corrected chi connectivity index (χ2v) is 6.49. The highest BCUT2D eigenvalue weighted by atomic mass is 32.2. The van der Waals surface area contributed by atoms with Gasteiger partial charge in [0.2, 0.25) is 0 Å². The highest BCUT2D eigenvalue weighted by molar-refractivity contribution is 7.99. The second-order valence-electron chi connectivity index (χ2n) is 5.27. The summed E-state index contributed by atoms with van der Waals surface area (Å²) in [5.41, 5.74) is 0. The number of aromatic nitrogens is 2. The zero-order valence-electron chi connectivity index (χ0n) is 11.6. The van der Waals surface area contributed by atoms with Gasteiger partial charge in [-0.2, -0.15) is 11.8 Å². The van der Waals surface area contributed by atoms with Crippen molar-refractivity contribution in [1.82, 2.24) is 9.97 Å². The predicted molar refractivity (Wildman–Crippen MR) is 82.3 cm³/mol. The second kappa shape index (κ2) is 5.99. The zero-order valence-corrected chi connectivity index (χ0v) is 12.4. The van der Waals surface area contributed by atoms with Gasteiger partial charge in [0.15, 0.2) is 0 Å². The van der Waals surface area contributed by atoms with Crippen LogP contribution in [0.3, 0.4) is 0 Å². The van der Waals surface area contributed by atoms with Crippen LogP contribution in [-0.4, -0.2) is 41.1 Å². The van der Waals surface area contributed by atoms with E-state index in [-0.39, 0.29) is 0 Å². The minimum atomic E-state index is 0.612. The van der Waals surface area contributed by atoms with Crippen molar-refractivity contribution in [2.45, 2.75) is 32.1 Å². The van der Waals surface area contributed by atoms with Crippen LogP contribution < -0.4 is 10.2 Å². The van der Waals surface area contributed by atoms with E-state index < -0.39 is 0 Å². The molecule has 0 atom stereocenters. The van der Waals surface area contributed by atoms with Gasteiger partial charge < -0.3 is 10.2 Å². The van der Waals surface area contributed by atoms with E-state index in [1.807, 2.05) is 11.8 Å². The molecule has 1 saturated heterocycles. The molecule has 3 rings (SSSR count). The van der Waals surface area contributed by atoms with Crippen LogP contribution in [0.2, 0.25) is 0 Å². The van der Waals surface area contributed by atoms with Crippen molar-refractivity contribution in [3.8, 4) is 0 Å². The highest BCUT2D eigenvalue weighted by Gasteiger charge is 2.28. The third-order valence-electron chi connectivity index (χ3n) is 3.56. The van der Waals surface area contributed by atoms with E-state index in [4.69, 9.17) is 4.98 Å². The van der Waals surface area contributed by atoms with E-state index in [0.717, 1.165) is 43.5 Å². The van der Waals surface area contributed by atoms with E-state index in [1.165, 1.54) is 24.3 Å². The molecule has 1 N–H and O–H groups in total. The summed E-state index contributed by atoms with van der Waals surface area (Å²) in [6.45, 7) is 5.38. The standard InChI is InChI=1S/C14H22N4S/c1-2-5-15-12-10-13(18-6-8-19-9-7-18)17-14(16-12)11-3-4-11/h10-11H,2-9H2,1H3,(H,15,16,17). The molecule has 0 radical (unpaired) electrons. The molecule has 0 spiro atoms. The molecule has 1 aromatic heterocycles. The first kappa shape index (κ1) is 13.0. The number of rotatable bonds is 5. The SMILES string of the molecule is CCCNc1cc(N2CCSCC2)nc(C2CC2)n1. The van der Waals surface area contributed by atoms with Crippen molar-refractivity contribution in [1.29, 1.82) is 0 Å². The summed E-state index contributed by atoms with van der Waals surface area (Å²) in [5, 5.41) is 3.41. The fourth-order valence-electron chi connectivity index (χ4n) is 2.27. The Labute approximate surface area is 119 Å². The average molecular weight is 278 g/mol. The van der Waals surface area contributed by atoms with Crippen molar-refractivity contribution >= 4 is 23.4 Å². The number of anilines is 2. The lowest BCUT2D eigenvalue weighted by atomic mass is 10.3. The fraction of sp³-hybridized carbons (Fsp3) is 0.714. The van der Waals surface area contributed by atoms with Crippen molar-refractivity contribution in [2.24, 2.45) is 0 Å². The molecule has 104 valence electrons. The molecule has 5 heteroatoms. The molecular formula is C14H22N4S. The summed E-state index contributed by atoms with van der Waals surface area (Å²) < 4.78 is 0. The van der Waals surface area contributed by atoms with Gasteiger partial charge in [-0.15, -0.1) is 0 Å². The number of hydrogen-bond donors (Lipinski definition) is 1. The highest BCUT2D eigenvalue weighted by Crippen LogP contribution is 2.39. The van der Waals surface area contributed by atoms with Crippen molar-refractivity contribution < 1.29 is 0 Å². The molecule has 4 nitrogen and oxygen atoms in total. The quantitative estimate of drug-likeness (QED) is 0.897. The van der Waals surface area contributed by atoms with E-state index >= 15 is 0 Å². The maximum absolute atomic E-state index is 4.79. The lowest BCUT2D eigenvalue weighted by Crippen LogP contribution is -2.33. The lowest BCUT2D eigenvalue weighted by Gasteiger charge is -2.28. The topological polar surface area (TPSA) is 41.0 Å². The molecule has 2 heterocycles. The predicted octanol–water partition coefficient (Wildman–Crippen LogP) is 2.73. The van der Waals surface area contributed by atoms with Crippen LogP contribution in [0.1, 0.15) is 37.9 Å². The smallest absolute Gasteiger partial charge is 0.136 e. The molecule has 1 aromatic rings. The van der Waals surface area contributed by atoms with Gasteiger partial charge in [0.05, 0.1) is 0 Å². The van der Waals surface area contributed by atoms with Crippen molar-refractivity contribution in [2.75, 3.05) is 41.4 Å². The fourth-order valence-corrected chi connectivity index (χ4v) is 3.18. The number of hydrogen-bond acceptors (Lipinski definition) is 5. The molecule has 0 amide bonds. The molecule has 2 fully saturated rings. The normalized spacial score (nSPS) is 19.5. The van der Waals surface area contributed by atoms with Gasteiger partial charge in [0.25, 0.3) is 0 Å². The zero-order chi connectivity index (χ0) is 13.1. The van der Waals surface area contributed by atoms with E-state index in [0.29, 0.717) is 5.92 Å². The van der Waals surface area contributed by atoms with Gasteiger partial charge in [-0.1, -0.05) is 6.92 Å². The van der Waals surface area contributed by atoms with Gasteiger partial charge in [-0.25, -0.2) is 9.97 Å². The first-order chi connectivity index (χ1) is 9.36. The summed E-state index contributed by atoms with van der Waals surface area (Å²) in [6.07, 6.45) is 3.64. The Kier molecular flexibility index (Phi) is 4.11. The maximum atomic E-state index is 4.79. The van der Waals surface area contributed by atoms with E-state index in [1.54, 1.807) is 0 Å². The maximum Gasteiger partial charge on any atom is 0.136 e. The Morgan fingerprint density at radius 1 is 1.32 bits per heavy atom. The van der Waals surface area contributed by atoms with Gasteiger partial charge in [0.1, 0.15) is 17.5 Å². The van der Waals surface area contributed by atoms with Crippen LogP contribution in [0.25, 0.3) is 0 Å². The molecule has 0 aromatic carbocycles. The molecule has 19 heavy (non-hydrogen) atoms. The summed E-state index contributed by atoms with van der Waals surface area (Å²) in [5.74, 6) is 6.21. The summed E-state index contributed by atoms with van der Waals surface area (Å²) in [7, 11) is 0. The van der Waals surface area contributed by atoms with Crippen LogP contribution in [0.4, 0.5) is 11.6 Å². The number of nitrogens with one attached hydrogen (secondary N) is 1. The summed E-state index contributed by atoms with van der Waals surface area (Å²) >= 11 is 2.03. The molecule has 0 unspecified atom stereocenters. The van der Waals surface area contributed by atoms with Crippen molar-refractivity contribution in [3.63, 3.8) is 0 Å². The van der Waals surface area contributed by atoms with E-state index in [2.05, 4.69) is 28.2 Å². The Balaban J connectivity index is 1.81. The van der Waals surface area contributed by atoms with Crippen LogP contribution in [-0.2, 0) is 0 Å². The lowest BCUT2D eigenvalue weighted by molar-refractivity contribution is 0.814. The van der Waals surface area contributed by atoms with Crippen LogP contribution in [0, 0.1) is 0 Å². The third kappa shape index (κ3) is 3.32.